The van der Waals surface area contributed by atoms with Gasteiger partial charge in [0.05, 0.1) is 5.56 Å². The van der Waals surface area contributed by atoms with E-state index in [0.29, 0.717) is 6.54 Å². The summed E-state index contributed by atoms with van der Waals surface area (Å²) in [5.74, 6) is 0.133. The third-order valence-electron chi connectivity index (χ3n) is 4.46. The third kappa shape index (κ3) is 4.31. The lowest BCUT2D eigenvalue weighted by atomic mass is 9.80. The maximum absolute atomic E-state index is 12.1. The standard InChI is InChI=1S/C17H23NO3/c1-2-12-3-7-14(8-4-12)16(19)18-11-13-5-9-15(10-6-13)17(20)21/h5-6,9-10,12,14H,2-4,7-8,11H2,1H3,(H,18,19)(H,20,21). The maximum atomic E-state index is 12.1. The van der Waals surface area contributed by atoms with E-state index in [1.165, 1.54) is 6.42 Å². The van der Waals surface area contributed by atoms with Crippen molar-refractivity contribution in [3.05, 3.63) is 35.4 Å². The molecular formula is C17H23NO3. The smallest absolute Gasteiger partial charge is 0.335 e. The van der Waals surface area contributed by atoms with Gasteiger partial charge in [-0.15, -0.1) is 0 Å². The van der Waals surface area contributed by atoms with Crippen molar-refractivity contribution in [2.45, 2.75) is 45.6 Å². The summed E-state index contributed by atoms with van der Waals surface area (Å²) in [4.78, 5) is 22.9. The number of aromatic carboxylic acids is 1. The maximum Gasteiger partial charge on any atom is 0.335 e. The van der Waals surface area contributed by atoms with E-state index >= 15 is 0 Å². The molecule has 2 N–H and O–H groups in total. The van der Waals surface area contributed by atoms with Gasteiger partial charge in [-0.1, -0.05) is 25.5 Å². The molecule has 2 rings (SSSR count). The van der Waals surface area contributed by atoms with Gasteiger partial charge in [-0.3, -0.25) is 4.79 Å². The molecule has 1 aromatic rings. The summed E-state index contributed by atoms with van der Waals surface area (Å²) >= 11 is 0. The second kappa shape index (κ2) is 7.25. The average molecular weight is 289 g/mol. The molecule has 1 aliphatic carbocycles. The fourth-order valence-corrected chi connectivity index (χ4v) is 2.93. The van der Waals surface area contributed by atoms with Crippen LogP contribution < -0.4 is 5.32 Å². The van der Waals surface area contributed by atoms with Crippen molar-refractivity contribution in [2.24, 2.45) is 11.8 Å². The van der Waals surface area contributed by atoms with Crippen LogP contribution >= 0.6 is 0 Å². The van der Waals surface area contributed by atoms with E-state index in [9.17, 15) is 9.59 Å². The first kappa shape index (κ1) is 15.5. The molecule has 4 heteroatoms. The first-order chi connectivity index (χ1) is 10.1. The van der Waals surface area contributed by atoms with Gasteiger partial charge in [0, 0.05) is 12.5 Å². The van der Waals surface area contributed by atoms with E-state index < -0.39 is 5.97 Å². The average Bonchev–Trinajstić information content (AvgIpc) is 2.53. The van der Waals surface area contributed by atoms with E-state index in [2.05, 4.69) is 12.2 Å². The number of amides is 1. The summed E-state index contributed by atoms with van der Waals surface area (Å²) < 4.78 is 0. The fourth-order valence-electron chi connectivity index (χ4n) is 2.93. The van der Waals surface area contributed by atoms with E-state index in [4.69, 9.17) is 5.11 Å². The Hall–Kier alpha value is -1.84. The summed E-state index contributed by atoms with van der Waals surface area (Å²) in [6.45, 7) is 2.68. The van der Waals surface area contributed by atoms with Crippen molar-refractivity contribution in [1.82, 2.24) is 5.32 Å². The Morgan fingerprint density at radius 2 is 1.76 bits per heavy atom. The van der Waals surface area contributed by atoms with Crippen molar-refractivity contribution < 1.29 is 14.7 Å². The molecule has 1 aromatic carbocycles. The van der Waals surface area contributed by atoms with Crippen LogP contribution in [0.3, 0.4) is 0 Å². The molecule has 0 atom stereocenters. The third-order valence-corrected chi connectivity index (χ3v) is 4.46. The van der Waals surface area contributed by atoms with Gasteiger partial charge in [-0.2, -0.15) is 0 Å². The zero-order chi connectivity index (χ0) is 15.2. The highest BCUT2D eigenvalue weighted by Crippen LogP contribution is 2.30. The molecule has 1 aliphatic rings. The first-order valence-corrected chi connectivity index (χ1v) is 7.70. The van der Waals surface area contributed by atoms with Gasteiger partial charge in [0.2, 0.25) is 5.91 Å². The summed E-state index contributed by atoms with van der Waals surface area (Å²) in [5, 5.41) is 11.8. The van der Waals surface area contributed by atoms with Crippen LogP contribution in [0.25, 0.3) is 0 Å². The number of hydrogen-bond acceptors (Lipinski definition) is 2. The molecule has 0 spiro atoms. The SMILES string of the molecule is CCC1CCC(C(=O)NCc2ccc(C(=O)O)cc2)CC1. The van der Waals surface area contributed by atoms with E-state index in [0.717, 1.165) is 37.2 Å². The summed E-state index contributed by atoms with van der Waals surface area (Å²) in [5.41, 5.74) is 1.19. The predicted molar refractivity (Wildman–Crippen MR) is 81.0 cm³/mol. The Kier molecular flexibility index (Phi) is 5.37. The lowest BCUT2D eigenvalue weighted by molar-refractivity contribution is -0.126. The quantitative estimate of drug-likeness (QED) is 0.874. The number of hydrogen-bond donors (Lipinski definition) is 2. The minimum absolute atomic E-state index is 0.131. The summed E-state index contributed by atoms with van der Waals surface area (Å²) in [6.07, 6.45) is 5.50. The summed E-state index contributed by atoms with van der Waals surface area (Å²) in [7, 11) is 0. The lowest BCUT2D eigenvalue weighted by Gasteiger charge is -2.26. The number of nitrogens with one attached hydrogen (secondary N) is 1. The van der Waals surface area contributed by atoms with Crippen molar-refractivity contribution in [3.63, 3.8) is 0 Å². The molecule has 0 radical (unpaired) electrons. The summed E-state index contributed by atoms with van der Waals surface area (Å²) in [6, 6.07) is 6.63. The van der Waals surface area contributed by atoms with Crippen LogP contribution in [0.2, 0.25) is 0 Å². The highest BCUT2D eigenvalue weighted by molar-refractivity contribution is 5.87. The molecule has 21 heavy (non-hydrogen) atoms. The molecule has 1 amide bonds. The molecule has 0 aromatic heterocycles. The van der Waals surface area contributed by atoms with Crippen molar-refractivity contribution in [2.75, 3.05) is 0 Å². The molecule has 4 nitrogen and oxygen atoms in total. The second-order valence-corrected chi connectivity index (χ2v) is 5.85. The Morgan fingerprint density at radius 1 is 1.14 bits per heavy atom. The van der Waals surface area contributed by atoms with Crippen LogP contribution in [0.5, 0.6) is 0 Å². The van der Waals surface area contributed by atoms with Crippen LogP contribution in [0, 0.1) is 11.8 Å². The Balaban J connectivity index is 1.80. The topological polar surface area (TPSA) is 66.4 Å². The number of carbonyl (C=O) groups excluding carboxylic acids is 1. The zero-order valence-electron chi connectivity index (χ0n) is 12.5. The number of carboxylic acids is 1. The van der Waals surface area contributed by atoms with Crippen LogP contribution in [0.15, 0.2) is 24.3 Å². The molecule has 1 saturated carbocycles. The van der Waals surface area contributed by atoms with Gasteiger partial charge in [-0.25, -0.2) is 4.79 Å². The normalized spacial score (nSPS) is 21.8. The monoisotopic (exact) mass is 289 g/mol. The predicted octanol–water partition coefficient (Wildman–Crippen LogP) is 3.22. The van der Waals surface area contributed by atoms with Gasteiger partial charge < -0.3 is 10.4 Å². The van der Waals surface area contributed by atoms with E-state index in [-0.39, 0.29) is 17.4 Å². The minimum atomic E-state index is -0.932. The Bertz CT molecular complexity index is 487. The molecular weight excluding hydrogens is 266 g/mol. The highest BCUT2D eigenvalue weighted by Gasteiger charge is 2.25. The van der Waals surface area contributed by atoms with Gasteiger partial charge in [-0.05, 0) is 49.3 Å². The molecule has 0 unspecified atom stereocenters. The number of carbonyl (C=O) groups is 2. The number of rotatable bonds is 5. The largest absolute Gasteiger partial charge is 0.478 e. The number of benzene rings is 1. The Morgan fingerprint density at radius 3 is 2.29 bits per heavy atom. The van der Waals surface area contributed by atoms with E-state index in [1.807, 2.05) is 0 Å². The number of carboxylic acid groups (broad SMARTS) is 1. The Labute approximate surface area is 125 Å². The fraction of sp³-hybridized carbons (Fsp3) is 0.529. The lowest BCUT2D eigenvalue weighted by Crippen LogP contribution is -2.32. The molecule has 0 heterocycles. The van der Waals surface area contributed by atoms with Crippen LogP contribution in [-0.4, -0.2) is 17.0 Å². The van der Waals surface area contributed by atoms with Crippen LogP contribution in [0.4, 0.5) is 0 Å². The molecule has 0 bridgehead atoms. The zero-order valence-corrected chi connectivity index (χ0v) is 12.5. The van der Waals surface area contributed by atoms with Gasteiger partial charge in [0.25, 0.3) is 0 Å². The van der Waals surface area contributed by atoms with Crippen molar-refractivity contribution in [1.29, 1.82) is 0 Å². The van der Waals surface area contributed by atoms with Gasteiger partial charge in [0.15, 0.2) is 0 Å². The minimum Gasteiger partial charge on any atom is -0.478 e. The van der Waals surface area contributed by atoms with Crippen LogP contribution in [0.1, 0.15) is 54.9 Å². The molecule has 0 saturated heterocycles. The second-order valence-electron chi connectivity index (χ2n) is 5.85. The highest BCUT2D eigenvalue weighted by atomic mass is 16.4. The van der Waals surface area contributed by atoms with Crippen molar-refractivity contribution in [3.8, 4) is 0 Å². The molecule has 114 valence electrons. The molecule has 0 aliphatic heterocycles. The van der Waals surface area contributed by atoms with Gasteiger partial charge >= 0.3 is 5.97 Å². The van der Waals surface area contributed by atoms with Crippen LogP contribution in [-0.2, 0) is 11.3 Å². The van der Waals surface area contributed by atoms with Gasteiger partial charge in [0.1, 0.15) is 0 Å². The molecule has 1 fully saturated rings. The van der Waals surface area contributed by atoms with Crippen molar-refractivity contribution >= 4 is 11.9 Å². The first-order valence-electron chi connectivity index (χ1n) is 7.70. The van der Waals surface area contributed by atoms with E-state index in [1.54, 1.807) is 24.3 Å².